The summed E-state index contributed by atoms with van der Waals surface area (Å²) in [4.78, 5) is 0. The van der Waals surface area contributed by atoms with Gasteiger partial charge in [0, 0.05) is 38.5 Å². The Morgan fingerprint density at radius 1 is 1.50 bits per heavy atom. The number of halogens is 1. The van der Waals surface area contributed by atoms with Gasteiger partial charge in [-0.1, -0.05) is 15.9 Å². The van der Waals surface area contributed by atoms with Gasteiger partial charge in [-0.05, 0) is 28.6 Å². The van der Waals surface area contributed by atoms with Crippen LogP contribution < -0.4 is 5.73 Å². The third kappa shape index (κ3) is 2.94. The number of hydrogen-bond donors (Lipinski definition) is 1. The Labute approximate surface area is 115 Å². The molecular weight excluding hydrogens is 318 g/mol. The molecule has 18 heavy (non-hydrogen) atoms. The van der Waals surface area contributed by atoms with Crippen LogP contribution in [-0.2, 0) is 17.3 Å². The lowest BCUT2D eigenvalue weighted by Gasteiger charge is -2.06. The molecular formula is C10H12BrN5OS. The maximum absolute atomic E-state index is 11.1. The van der Waals surface area contributed by atoms with Crippen LogP contribution in [0.2, 0.25) is 0 Å². The molecule has 1 unspecified atom stereocenters. The van der Waals surface area contributed by atoms with Crippen LogP contribution in [-0.4, -0.2) is 36.4 Å². The minimum atomic E-state index is -0.877. The molecule has 2 aromatic rings. The first-order chi connectivity index (χ1) is 8.58. The zero-order valence-corrected chi connectivity index (χ0v) is 12.1. The van der Waals surface area contributed by atoms with Gasteiger partial charge < -0.3 is 5.73 Å². The van der Waals surface area contributed by atoms with Gasteiger partial charge in [0.15, 0.2) is 5.82 Å². The third-order valence-corrected chi connectivity index (χ3v) is 3.80. The van der Waals surface area contributed by atoms with Crippen LogP contribution in [0.4, 0.5) is 5.69 Å². The van der Waals surface area contributed by atoms with E-state index >= 15 is 0 Å². The van der Waals surface area contributed by atoms with Crippen molar-refractivity contribution in [2.24, 2.45) is 0 Å². The minimum absolute atomic E-state index is 0.507. The highest BCUT2D eigenvalue weighted by atomic mass is 79.9. The Morgan fingerprint density at radius 2 is 2.28 bits per heavy atom. The van der Waals surface area contributed by atoms with Crippen molar-refractivity contribution in [1.29, 1.82) is 0 Å². The lowest BCUT2D eigenvalue weighted by Crippen LogP contribution is -2.09. The molecule has 0 amide bonds. The van der Waals surface area contributed by atoms with Crippen LogP contribution in [0.1, 0.15) is 0 Å². The van der Waals surface area contributed by atoms with Crippen molar-refractivity contribution in [3.8, 4) is 11.4 Å². The van der Waals surface area contributed by atoms with E-state index in [0.717, 1.165) is 10.0 Å². The van der Waals surface area contributed by atoms with E-state index in [9.17, 15) is 4.21 Å². The van der Waals surface area contributed by atoms with Crippen LogP contribution >= 0.6 is 15.9 Å². The summed E-state index contributed by atoms with van der Waals surface area (Å²) < 4.78 is 13.6. The molecule has 96 valence electrons. The number of anilines is 1. The second-order valence-corrected chi connectivity index (χ2v) is 6.15. The molecule has 6 nitrogen and oxygen atoms in total. The summed E-state index contributed by atoms with van der Waals surface area (Å²) in [5.74, 6) is 1.12. The SMILES string of the molecule is CS(=O)CCn1nnnc1-c1cc(N)ccc1Br. The Bertz CT molecular complexity index is 585. The fourth-order valence-electron chi connectivity index (χ4n) is 1.48. The van der Waals surface area contributed by atoms with Crippen molar-refractivity contribution in [1.82, 2.24) is 20.2 Å². The number of nitrogen functional groups attached to an aromatic ring is 1. The maximum Gasteiger partial charge on any atom is 0.183 e. The predicted octanol–water partition coefficient (Wildman–Crippen LogP) is 1.06. The van der Waals surface area contributed by atoms with E-state index < -0.39 is 10.8 Å². The van der Waals surface area contributed by atoms with Crippen LogP contribution in [0, 0.1) is 0 Å². The number of benzene rings is 1. The summed E-state index contributed by atoms with van der Waals surface area (Å²) in [6.07, 6.45) is 1.65. The molecule has 0 aliphatic carbocycles. The van der Waals surface area contributed by atoms with E-state index in [-0.39, 0.29) is 0 Å². The van der Waals surface area contributed by atoms with E-state index in [0.29, 0.717) is 23.8 Å². The molecule has 0 saturated carbocycles. The van der Waals surface area contributed by atoms with Gasteiger partial charge in [-0.3, -0.25) is 4.21 Å². The van der Waals surface area contributed by atoms with Crippen LogP contribution in [0.3, 0.4) is 0 Å². The molecule has 1 aromatic carbocycles. The van der Waals surface area contributed by atoms with E-state index in [4.69, 9.17) is 5.73 Å². The molecule has 0 aliphatic heterocycles. The van der Waals surface area contributed by atoms with E-state index in [2.05, 4.69) is 31.5 Å². The topological polar surface area (TPSA) is 86.7 Å². The van der Waals surface area contributed by atoms with Gasteiger partial charge in [0.1, 0.15) is 0 Å². The fraction of sp³-hybridized carbons (Fsp3) is 0.300. The van der Waals surface area contributed by atoms with Crippen molar-refractivity contribution in [3.05, 3.63) is 22.7 Å². The molecule has 2 N–H and O–H groups in total. The smallest absolute Gasteiger partial charge is 0.183 e. The van der Waals surface area contributed by atoms with Gasteiger partial charge in [0.05, 0.1) is 6.54 Å². The molecule has 0 radical (unpaired) electrons. The largest absolute Gasteiger partial charge is 0.399 e. The van der Waals surface area contributed by atoms with Crippen molar-refractivity contribution >= 4 is 32.4 Å². The predicted molar refractivity (Wildman–Crippen MR) is 74.3 cm³/mol. The quantitative estimate of drug-likeness (QED) is 0.847. The van der Waals surface area contributed by atoms with E-state index in [1.807, 2.05) is 6.07 Å². The molecule has 0 aliphatic rings. The van der Waals surface area contributed by atoms with Gasteiger partial charge in [0.25, 0.3) is 0 Å². The zero-order chi connectivity index (χ0) is 13.1. The van der Waals surface area contributed by atoms with Crippen LogP contribution in [0.25, 0.3) is 11.4 Å². The zero-order valence-electron chi connectivity index (χ0n) is 9.71. The van der Waals surface area contributed by atoms with Gasteiger partial charge in [-0.2, -0.15) is 0 Å². The first kappa shape index (κ1) is 13.2. The standard InChI is InChI=1S/C10H12BrN5OS/c1-18(17)5-4-16-10(13-14-15-16)8-6-7(12)2-3-9(8)11/h2-3,6H,4-5,12H2,1H3. The van der Waals surface area contributed by atoms with Gasteiger partial charge in [-0.25, -0.2) is 4.68 Å². The first-order valence-electron chi connectivity index (χ1n) is 5.19. The summed E-state index contributed by atoms with van der Waals surface area (Å²) in [6, 6.07) is 5.44. The molecule has 0 spiro atoms. The lowest BCUT2D eigenvalue weighted by molar-refractivity contribution is 0.625. The molecule has 0 fully saturated rings. The Balaban J connectivity index is 2.36. The summed E-state index contributed by atoms with van der Waals surface area (Å²) in [5, 5.41) is 11.5. The third-order valence-electron chi connectivity index (χ3n) is 2.35. The van der Waals surface area contributed by atoms with E-state index in [1.165, 1.54) is 0 Å². The number of aromatic nitrogens is 4. The van der Waals surface area contributed by atoms with Crippen molar-refractivity contribution in [2.45, 2.75) is 6.54 Å². The highest BCUT2D eigenvalue weighted by molar-refractivity contribution is 9.10. The Hall–Kier alpha value is -1.28. The average Bonchev–Trinajstić information content (AvgIpc) is 2.77. The molecule has 1 atom stereocenters. The highest BCUT2D eigenvalue weighted by Gasteiger charge is 2.12. The maximum atomic E-state index is 11.1. The normalized spacial score (nSPS) is 12.6. The molecule has 8 heteroatoms. The minimum Gasteiger partial charge on any atom is -0.399 e. The molecule has 0 bridgehead atoms. The lowest BCUT2D eigenvalue weighted by atomic mass is 10.2. The number of aryl methyl sites for hydroxylation is 1. The highest BCUT2D eigenvalue weighted by Crippen LogP contribution is 2.28. The summed E-state index contributed by atoms with van der Waals surface area (Å²) in [6.45, 7) is 0.507. The number of nitrogens with zero attached hydrogens (tertiary/aromatic N) is 4. The first-order valence-corrected chi connectivity index (χ1v) is 7.71. The van der Waals surface area contributed by atoms with Gasteiger partial charge >= 0.3 is 0 Å². The fourth-order valence-corrected chi connectivity index (χ4v) is 2.33. The molecule has 0 saturated heterocycles. The molecule has 1 heterocycles. The number of nitrogens with two attached hydrogens (primary N) is 1. The number of rotatable bonds is 4. The second kappa shape index (κ2) is 5.57. The number of hydrogen-bond acceptors (Lipinski definition) is 5. The Morgan fingerprint density at radius 3 is 3.00 bits per heavy atom. The van der Waals surface area contributed by atoms with Crippen LogP contribution in [0.5, 0.6) is 0 Å². The molecule has 1 aromatic heterocycles. The summed E-state index contributed by atoms with van der Waals surface area (Å²) >= 11 is 3.44. The van der Waals surface area contributed by atoms with Crippen molar-refractivity contribution in [2.75, 3.05) is 17.7 Å². The van der Waals surface area contributed by atoms with E-state index in [1.54, 1.807) is 23.1 Å². The summed E-state index contributed by atoms with van der Waals surface area (Å²) in [5.41, 5.74) is 7.22. The Kier molecular flexibility index (Phi) is 4.07. The van der Waals surface area contributed by atoms with Gasteiger partial charge in [0.2, 0.25) is 0 Å². The average molecular weight is 330 g/mol. The monoisotopic (exact) mass is 329 g/mol. The second-order valence-electron chi connectivity index (χ2n) is 3.74. The molecule has 2 rings (SSSR count). The van der Waals surface area contributed by atoms with Crippen molar-refractivity contribution < 1.29 is 4.21 Å². The van der Waals surface area contributed by atoms with Crippen molar-refractivity contribution in [3.63, 3.8) is 0 Å². The summed E-state index contributed by atoms with van der Waals surface area (Å²) in [7, 11) is -0.877. The van der Waals surface area contributed by atoms with Crippen LogP contribution in [0.15, 0.2) is 22.7 Å². The number of tetrazole rings is 1. The van der Waals surface area contributed by atoms with Gasteiger partial charge in [-0.15, -0.1) is 5.10 Å².